The molecule has 28 heavy (non-hydrogen) atoms. The summed E-state index contributed by atoms with van der Waals surface area (Å²) in [5.74, 6) is 2.52. The quantitative estimate of drug-likeness (QED) is 0.701. The van der Waals surface area contributed by atoms with E-state index >= 15 is 0 Å². The van der Waals surface area contributed by atoms with Crippen molar-refractivity contribution >= 4 is 39.8 Å². The minimum Gasteiger partial charge on any atom is -0.495 e. The molecule has 0 atom stereocenters. The number of ether oxygens (including phenoxy) is 1. The molecule has 0 bridgehead atoms. The highest BCUT2D eigenvalue weighted by Gasteiger charge is 2.20. The first-order chi connectivity index (χ1) is 13.7. The molecule has 3 aromatic rings. The van der Waals surface area contributed by atoms with Crippen LogP contribution in [-0.4, -0.2) is 36.2 Å². The summed E-state index contributed by atoms with van der Waals surface area (Å²) < 4.78 is 5.20. The Balaban J connectivity index is 1.59. The molecule has 1 aliphatic rings. The van der Waals surface area contributed by atoms with E-state index in [1.54, 1.807) is 7.11 Å². The van der Waals surface area contributed by atoms with Crippen LogP contribution in [0.15, 0.2) is 42.5 Å². The van der Waals surface area contributed by atoms with E-state index in [-0.39, 0.29) is 0 Å². The van der Waals surface area contributed by atoms with Gasteiger partial charge in [0.2, 0.25) is 0 Å². The van der Waals surface area contributed by atoms with Crippen molar-refractivity contribution in [3.05, 3.63) is 53.1 Å². The number of halogens is 1. The first-order valence-electron chi connectivity index (χ1n) is 9.24. The second kappa shape index (κ2) is 8.02. The number of aromatic nitrogens is 2. The molecule has 0 saturated carbocycles. The largest absolute Gasteiger partial charge is 0.495 e. The van der Waals surface area contributed by atoms with E-state index in [9.17, 15) is 4.79 Å². The summed E-state index contributed by atoms with van der Waals surface area (Å²) in [6.45, 7) is 1.95. The highest BCUT2D eigenvalue weighted by atomic mass is 35.5. The second-order valence-electron chi connectivity index (χ2n) is 6.77. The van der Waals surface area contributed by atoms with Crippen molar-refractivity contribution in [3.63, 3.8) is 0 Å². The third-order valence-electron chi connectivity index (χ3n) is 4.96. The van der Waals surface area contributed by atoms with Gasteiger partial charge in [-0.15, -0.1) is 10.2 Å². The first-order valence-corrected chi connectivity index (χ1v) is 9.62. The topological polar surface area (TPSA) is 67.3 Å². The van der Waals surface area contributed by atoms with Crippen molar-refractivity contribution in [3.8, 4) is 5.75 Å². The van der Waals surface area contributed by atoms with E-state index in [4.69, 9.17) is 16.3 Å². The molecule has 0 amide bonds. The van der Waals surface area contributed by atoms with E-state index in [0.717, 1.165) is 28.0 Å². The van der Waals surface area contributed by atoms with E-state index < -0.39 is 0 Å². The molecule has 2 aromatic carbocycles. The molecule has 1 saturated heterocycles. The lowest BCUT2D eigenvalue weighted by molar-refractivity contribution is -0.119. The summed E-state index contributed by atoms with van der Waals surface area (Å²) in [5, 5.41) is 14.9. The Morgan fingerprint density at radius 3 is 2.57 bits per heavy atom. The Morgan fingerprint density at radius 2 is 1.86 bits per heavy atom. The van der Waals surface area contributed by atoms with Crippen LogP contribution >= 0.6 is 11.6 Å². The minimum absolute atomic E-state index is 0.310. The molecule has 4 rings (SSSR count). The van der Waals surface area contributed by atoms with Crippen LogP contribution in [0, 0.1) is 0 Å². The van der Waals surface area contributed by atoms with Gasteiger partial charge >= 0.3 is 0 Å². The third-order valence-corrected chi connectivity index (χ3v) is 5.26. The maximum atomic E-state index is 11.6. The minimum atomic E-state index is 0.310. The summed E-state index contributed by atoms with van der Waals surface area (Å²) in [7, 11) is 1.60. The molecule has 1 fully saturated rings. The number of benzene rings is 2. The predicted molar refractivity (Wildman–Crippen MR) is 111 cm³/mol. The number of carbonyl (C=O) groups excluding carboxylic acids is 1. The Hall–Kier alpha value is -2.86. The van der Waals surface area contributed by atoms with Crippen LogP contribution in [-0.2, 0) is 11.3 Å². The van der Waals surface area contributed by atoms with Gasteiger partial charge in [-0.2, -0.15) is 0 Å². The van der Waals surface area contributed by atoms with Gasteiger partial charge in [0.15, 0.2) is 11.6 Å². The number of hydrogen-bond acceptors (Lipinski definition) is 6. The molecule has 6 nitrogen and oxygen atoms in total. The van der Waals surface area contributed by atoms with Crippen LogP contribution in [0.2, 0.25) is 5.02 Å². The van der Waals surface area contributed by atoms with E-state index in [1.165, 1.54) is 0 Å². The van der Waals surface area contributed by atoms with Gasteiger partial charge in [-0.1, -0.05) is 41.9 Å². The number of Topliss-reactive ketones (excluding diaryl/α,β-unsaturated/α-hetero) is 1. The molecule has 1 N–H and O–H groups in total. The normalized spacial score (nSPS) is 14.4. The lowest BCUT2D eigenvalue weighted by atomic mass is 10.1. The highest BCUT2D eigenvalue weighted by Crippen LogP contribution is 2.30. The van der Waals surface area contributed by atoms with Gasteiger partial charge in [-0.25, -0.2) is 0 Å². The van der Waals surface area contributed by atoms with Crippen LogP contribution < -0.4 is 15.0 Å². The molecule has 0 aliphatic carbocycles. The summed E-state index contributed by atoms with van der Waals surface area (Å²) in [4.78, 5) is 13.7. The van der Waals surface area contributed by atoms with Crippen LogP contribution in [0.3, 0.4) is 0 Å². The number of hydrogen-bond donors (Lipinski definition) is 1. The summed E-state index contributed by atoms with van der Waals surface area (Å²) in [5.41, 5.74) is 1.02. The van der Waals surface area contributed by atoms with E-state index in [0.29, 0.717) is 49.0 Å². The predicted octanol–water partition coefficient (Wildman–Crippen LogP) is 4.07. The Kier molecular flexibility index (Phi) is 5.30. The molecule has 0 unspecified atom stereocenters. The van der Waals surface area contributed by atoms with Gasteiger partial charge in [-0.3, -0.25) is 4.79 Å². The van der Waals surface area contributed by atoms with Crippen LogP contribution in [0.1, 0.15) is 18.4 Å². The summed E-state index contributed by atoms with van der Waals surface area (Å²) >= 11 is 6.21. The van der Waals surface area contributed by atoms with E-state index in [2.05, 4.69) is 20.4 Å². The van der Waals surface area contributed by atoms with Crippen LogP contribution in [0.4, 0.5) is 11.6 Å². The standard InChI is InChI=1S/C21H21ClN4O2/c1-28-19-7-6-14(12-18(19)22)13-23-20-16-4-2-3-5-17(16)21(25-24-20)26-10-8-15(27)9-11-26/h2-7,12H,8-11,13H2,1H3,(H,23,24). The summed E-state index contributed by atoms with van der Waals surface area (Å²) in [6, 6.07) is 13.8. The van der Waals surface area contributed by atoms with Crippen molar-refractivity contribution in [2.45, 2.75) is 19.4 Å². The molecule has 2 heterocycles. The van der Waals surface area contributed by atoms with E-state index in [1.807, 2.05) is 42.5 Å². The van der Waals surface area contributed by atoms with Crippen LogP contribution in [0.25, 0.3) is 10.8 Å². The fourth-order valence-corrected chi connectivity index (χ4v) is 3.71. The maximum absolute atomic E-state index is 11.6. The highest BCUT2D eigenvalue weighted by molar-refractivity contribution is 6.32. The number of rotatable bonds is 5. The fourth-order valence-electron chi connectivity index (χ4n) is 3.43. The molecule has 0 radical (unpaired) electrons. The molecule has 1 aliphatic heterocycles. The van der Waals surface area contributed by atoms with Gasteiger partial charge in [0.1, 0.15) is 11.5 Å². The zero-order valence-electron chi connectivity index (χ0n) is 15.6. The van der Waals surface area contributed by atoms with Gasteiger partial charge in [0, 0.05) is 43.2 Å². The zero-order chi connectivity index (χ0) is 19.5. The Labute approximate surface area is 168 Å². The van der Waals surface area contributed by atoms with Crippen molar-refractivity contribution in [1.29, 1.82) is 0 Å². The molecule has 0 spiro atoms. The molecule has 1 aromatic heterocycles. The van der Waals surface area contributed by atoms with Gasteiger partial charge < -0.3 is 15.0 Å². The number of piperidine rings is 1. The van der Waals surface area contributed by atoms with Crippen molar-refractivity contribution in [1.82, 2.24) is 10.2 Å². The number of carbonyl (C=O) groups is 1. The third kappa shape index (κ3) is 3.73. The van der Waals surface area contributed by atoms with Gasteiger partial charge in [0.25, 0.3) is 0 Å². The number of nitrogens with zero attached hydrogens (tertiary/aromatic N) is 3. The Morgan fingerprint density at radius 1 is 1.11 bits per heavy atom. The lowest BCUT2D eigenvalue weighted by Crippen LogP contribution is -2.34. The molecular weight excluding hydrogens is 376 g/mol. The van der Waals surface area contributed by atoms with Gasteiger partial charge in [-0.05, 0) is 17.7 Å². The number of ketones is 1. The number of methoxy groups -OCH3 is 1. The molecular formula is C21H21ClN4O2. The smallest absolute Gasteiger partial charge is 0.159 e. The lowest BCUT2D eigenvalue weighted by Gasteiger charge is -2.27. The SMILES string of the molecule is COc1ccc(CNc2nnc(N3CCC(=O)CC3)c3ccccc23)cc1Cl. The fraction of sp³-hybridized carbons (Fsp3) is 0.286. The zero-order valence-corrected chi connectivity index (χ0v) is 16.4. The number of fused-ring (bicyclic) bond motifs is 1. The van der Waals surface area contributed by atoms with Crippen LogP contribution in [0.5, 0.6) is 5.75 Å². The molecule has 7 heteroatoms. The number of anilines is 2. The first kappa shape index (κ1) is 18.5. The van der Waals surface area contributed by atoms with Crippen molar-refractivity contribution in [2.75, 3.05) is 30.4 Å². The Bertz CT molecular complexity index is 1010. The average Bonchev–Trinajstić information content (AvgIpc) is 2.73. The molecule has 144 valence electrons. The number of nitrogens with one attached hydrogen (secondary N) is 1. The summed E-state index contributed by atoms with van der Waals surface area (Å²) in [6.07, 6.45) is 1.13. The average molecular weight is 397 g/mol. The van der Waals surface area contributed by atoms with Crippen molar-refractivity contribution < 1.29 is 9.53 Å². The van der Waals surface area contributed by atoms with Gasteiger partial charge in [0.05, 0.1) is 12.1 Å². The van der Waals surface area contributed by atoms with Crippen molar-refractivity contribution in [2.24, 2.45) is 0 Å². The maximum Gasteiger partial charge on any atom is 0.159 e. The second-order valence-corrected chi connectivity index (χ2v) is 7.17. The monoisotopic (exact) mass is 396 g/mol.